The molecular weight excluding hydrogens is 142 g/mol. The van der Waals surface area contributed by atoms with E-state index in [2.05, 4.69) is 6.47 Å². The number of rotatable bonds is 1. The zero-order valence-electron chi connectivity index (χ0n) is 5.89. The van der Waals surface area contributed by atoms with Gasteiger partial charge in [0, 0.05) is 0 Å². The molecule has 0 aliphatic heterocycles. The summed E-state index contributed by atoms with van der Waals surface area (Å²) in [5.41, 5.74) is 2.17. The molecule has 0 bridgehead atoms. The van der Waals surface area contributed by atoms with Crippen molar-refractivity contribution in [3.05, 3.63) is 28.8 Å². The summed E-state index contributed by atoms with van der Waals surface area (Å²) < 4.78 is 0. The van der Waals surface area contributed by atoms with Crippen LogP contribution in [-0.4, -0.2) is 13.4 Å². The minimum absolute atomic E-state index is 0.773. The molecular formula is C8H8BCl. The SMILES string of the molecule is C=Bc1ccc(C)cc1Cl. The summed E-state index contributed by atoms with van der Waals surface area (Å²) in [6, 6.07) is 5.91. The first-order chi connectivity index (χ1) is 4.74. The number of hydrogen-bond acceptors (Lipinski definition) is 0. The molecule has 0 N–H and O–H groups in total. The molecule has 0 spiro atoms. The Hall–Kier alpha value is -0.555. The molecule has 50 valence electrons. The molecule has 0 saturated heterocycles. The number of aryl methyl sites for hydroxylation is 1. The summed E-state index contributed by atoms with van der Waals surface area (Å²) >= 11 is 5.86. The van der Waals surface area contributed by atoms with Crippen molar-refractivity contribution in [1.82, 2.24) is 0 Å². The van der Waals surface area contributed by atoms with E-state index in [1.165, 1.54) is 5.56 Å². The van der Waals surface area contributed by atoms with Gasteiger partial charge in [0.2, 0.25) is 0 Å². The zero-order chi connectivity index (χ0) is 7.56. The van der Waals surface area contributed by atoms with Crippen LogP contribution in [0.15, 0.2) is 18.2 Å². The van der Waals surface area contributed by atoms with Crippen molar-refractivity contribution in [3.63, 3.8) is 0 Å². The van der Waals surface area contributed by atoms with Gasteiger partial charge in [-0.1, -0.05) is 0 Å². The molecule has 0 aliphatic rings. The van der Waals surface area contributed by atoms with Crippen LogP contribution in [0.3, 0.4) is 0 Å². The molecule has 0 aliphatic carbocycles. The summed E-state index contributed by atoms with van der Waals surface area (Å²) in [6.07, 6.45) is 0. The van der Waals surface area contributed by atoms with Crippen LogP contribution in [0.2, 0.25) is 5.02 Å². The van der Waals surface area contributed by atoms with E-state index in [4.69, 9.17) is 11.6 Å². The topological polar surface area (TPSA) is 0 Å². The molecule has 0 radical (unpaired) electrons. The standard InChI is InChI=1S/C8H8BCl/c1-6-3-4-7(9-2)8(10)5-6/h3-5H,2H2,1H3. The maximum atomic E-state index is 5.86. The van der Waals surface area contributed by atoms with Crippen LogP contribution in [0.25, 0.3) is 0 Å². The second kappa shape index (κ2) is 3.02. The molecule has 1 aromatic rings. The normalized spacial score (nSPS) is 9.00. The second-order valence-electron chi connectivity index (χ2n) is 2.23. The van der Waals surface area contributed by atoms with Crippen LogP contribution in [0.5, 0.6) is 0 Å². The van der Waals surface area contributed by atoms with Crippen LogP contribution >= 0.6 is 11.6 Å². The molecule has 0 unspecified atom stereocenters. The summed E-state index contributed by atoms with van der Waals surface area (Å²) in [6.45, 7) is 7.40. The Morgan fingerprint density at radius 2 is 2.20 bits per heavy atom. The van der Waals surface area contributed by atoms with Gasteiger partial charge in [0.15, 0.2) is 0 Å². The van der Waals surface area contributed by atoms with Crippen molar-refractivity contribution < 1.29 is 0 Å². The summed E-state index contributed by atoms with van der Waals surface area (Å²) in [4.78, 5) is 0. The molecule has 0 nitrogen and oxygen atoms in total. The van der Waals surface area contributed by atoms with E-state index in [0.29, 0.717) is 0 Å². The van der Waals surface area contributed by atoms with E-state index >= 15 is 0 Å². The van der Waals surface area contributed by atoms with E-state index in [9.17, 15) is 0 Å². The first-order valence-corrected chi connectivity index (χ1v) is 3.50. The fourth-order valence-electron chi connectivity index (χ4n) is 0.798. The fraction of sp³-hybridized carbons (Fsp3) is 0.125. The van der Waals surface area contributed by atoms with E-state index < -0.39 is 0 Å². The van der Waals surface area contributed by atoms with Crippen molar-refractivity contribution in [1.29, 1.82) is 0 Å². The van der Waals surface area contributed by atoms with Crippen LogP contribution < -0.4 is 5.46 Å². The van der Waals surface area contributed by atoms with Gasteiger partial charge in [0.25, 0.3) is 0 Å². The Kier molecular flexibility index (Phi) is 2.28. The number of halogens is 1. The maximum absolute atomic E-state index is 5.86. The molecule has 0 amide bonds. The third-order valence-corrected chi connectivity index (χ3v) is 1.70. The first kappa shape index (κ1) is 7.55. The van der Waals surface area contributed by atoms with Crippen LogP contribution in [0.4, 0.5) is 0 Å². The zero-order valence-corrected chi connectivity index (χ0v) is 6.65. The Morgan fingerprint density at radius 1 is 1.50 bits per heavy atom. The van der Waals surface area contributed by atoms with E-state index in [-0.39, 0.29) is 0 Å². The predicted octanol–water partition coefficient (Wildman–Crippen LogP) is 1.41. The third kappa shape index (κ3) is 1.48. The predicted molar refractivity (Wildman–Crippen MR) is 48.7 cm³/mol. The molecule has 0 fully saturated rings. The Morgan fingerprint density at radius 3 is 2.70 bits per heavy atom. The van der Waals surface area contributed by atoms with E-state index in [0.717, 1.165) is 10.5 Å². The van der Waals surface area contributed by atoms with Gasteiger partial charge >= 0.3 is 66.2 Å². The number of benzene rings is 1. The van der Waals surface area contributed by atoms with E-state index in [1.807, 2.05) is 25.1 Å². The Balaban J connectivity index is 3.19. The molecule has 0 atom stereocenters. The van der Waals surface area contributed by atoms with E-state index in [1.54, 1.807) is 6.92 Å². The number of hydrogen-bond donors (Lipinski definition) is 0. The Labute approximate surface area is 66.7 Å². The van der Waals surface area contributed by atoms with Gasteiger partial charge in [-0.25, -0.2) is 0 Å². The van der Waals surface area contributed by atoms with Gasteiger partial charge in [-0.05, 0) is 0 Å². The van der Waals surface area contributed by atoms with Gasteiger partial charge in [0.1, 0.15) is 0 Å². The molecule has 10 heavy (non-hydrogen) atoms. The monoisotopic (exact) mass is 150 g/mol. The fourth-order valence-corrected chi connectivity index (χ4v) is 1.11. The summed E-state index contributed by atoms with van der Waals surface area (Å²) in [5.74, 6) is 0. The van der Waals surface area contributed by atoms with Gasteiger partial charge in [-0.2, -0.15) is 0 Å². The molecule has 1 aromatic carbocycles. The van der Waals surface area contributed by atoms with Crippen molar-refractivity contribution >= 4 is 30.5 Å². The average molecular weight is 150 g/mol. The van der Waals surface area contributed by atoms with Crippen LogP contribution in [0.1, 0.15) is 5.56 Å². The second-order valence-corrected chi connectivity index (χ2v) is 2.64. The van der Waals surface area contributed by atoms with Gasteiger partial charge in [0.05, 0.1) is 0 Å². The van der Waals surface area contributed by atoms with Crippen molar-refractivity contribution in [2.45, 2.75) is 6.92 Å². The van der Waals surface area contributed by atoms with Crippen molar-refractivity contribution in [2.75, 3.05) is 0 Å². The minimum atomic E-state index is 0.773. The Bertz CT molecular complexity index is 255. The third-order valence-electron chi connectivity index (χ3n) is 1.38. The van der Waals surface area contributed by atoms with Crippen LogP contribution in [-0.2, 0) is 0 Å². The molecule has 0 saturated carbocycles. The summed E-state index contributed by atoms with van der Waals surface area (Å²) in [7, 11) is 0. The van der Waals surface area contributed by atoms with Gasteiger partial charge in [-0.3, -0.25) is 0 Å². The molecule has 0 aromatic heterocycles. The summed E-state index contributed by atoms with van der Waals surface area (Å²) in [5, 5.41) is 0.773. The van der Waals surface area contributed by atoms with Gasteiger partial charge in [-0.15, -0.1) is 0 Å². The molecule has 2 heteroatoms. The average Bonchev–Trinajstić information content (AvgIpc) is 1.88. The van der Waals surface area contributed by atoms with Crippen LogP contribution in [0, 0.1) is 6.92 Å². The molecule has 1 rings (SSSR count). The van der Waals surface area contributed by atoms with Crippen molar-refractivity contribution in [3.8, 4) is 0 Å². The quantitative estimate of drug-likeness (QED) is 0.531. The first-order valence-electron chi connectivity index (χ1n) is 3.12. The molecule has 0 heterocycles. The van der Waals surface area contributed by atoms with Crippen molar-refractivity contribution in [2.24, 2.45) is 0 Å². The van der Waals surface area contributed by atoms with Gasteiger partial charge < -0.3 is 0 Å².